The molecule has 1 unspecified atom stereocenters. The Labute approximate surface area is 121 Å². The van der Waals surface area contributed by atoms with Crippen LogP contribution in [0.4, 0.5) is 0 Å². The molecule has 0 radical (unpaired) electrons. The highest BCUT2D eigenvalue weighted by molar-refractivity contribution is 9.10. The standard InChI is InChI=1S/C15H16BrNO2/c1-19-15-5-3-2-4-11(15)8-14(18)9-13-7-6-12(16)10-17-13/h2-7,10,14,18H,8-9H2,1H3. The van der Waals surface area contributed by atoms with E-state index in [-0.39, 0.29) is 0 Å². The Bertz CT molecular complexity index is 528. The fourth-order valence-corrected chi connectivity index (χ4v) is 2.20. The van der Waals surface area contributed by atoms with E-state index in [4.69, 9.17) is 4.74 Å². The fraction of sp³-hybridized carbons (Fsp3) is 0.267. The first-order chi connectivity index (χ1) is 9.19. The lowest BCUT2D eigenvalue weighted by atomic mass is 10.0. The van der Waals surface area contributed by atoms with Crippen molar-refractivity contribution in [2.45, 2.75) is 18.9 Å². The Hall–Kier alpha value is -1.39. The Morgan fingerprint density at radius 1 is 1.21 bits per heavy atom. The molecule has 3 nitrogen and oxygen atoms in total. The lowest BCUT2D eigenvalue weighted by Gasteiger charge is -2.13. The molecule has 0 aliphatic heterocycles. The van der Waals surface area contributed by atoms with Crippen LogP contribution < -0.4 is 4.74 Å². The molecule has 0 fully saturated rings. The smallest absolute Gasteiger partial charge is 0.122 e. The summed E-state index contributed by atoms with van der Waals surface area (Å²) < 4.78 is 6.22. The fourth-order valence-electron chi connectivity index (χ4n) is 1.97. The number of pyridine rings is 1. The van der Waals surface area contributed by atoms with Crippen LogP contribution in [-0.2, 0) is 12.8 Å². The maximum atomic E-state index is 10.1. The molecule has 100 valence electrons. The molecular weight excluding hydrogens is 306 g/mol. The zero-order valence-electron chi connectivity index (χ0n) is 10.7. The molecular formula is C15H16BrNO2. The van der Waals surface area contributed by atoms with E-state index in [1.807, 2.05) is 36.4 Å². The number of benzene rings is 1. The number of hydrogen-bond donors (Lipinski definition) is 1. The molecule has 1 atom stereocenters. The van der Waals surface area contributed by atoms with Crippen molar-refractivity contribution in [2.24, 2.45) is 0 Å². The lowest BCUT2D eigenvalue weighted by Crippen LogP contribution is -2.15. The molecule has 0 saturated carbocycles. The van der Waals surface area contributed by atoms with Gasteiger partial charge in [0.2, 0.25) is 0 Å². The molecule has 0 aliphatic carbocycles. The quantitative estimate of drug-likeness (QED) is 0.920. The summed E-state index contributed by atoms with van der Waals surface area (Å²) in [6, 6.07) is 11.6. The van der Waals surface area contributed by atoms with E-state index in [9.17, 15) is 5.11 Å². The molecule has 0 aliphatic rings. The minimum Gasteiger partial charge on any atom is -0.496 e. The first kappa shape index (κ1) is 14.0. The second-order valence-electron chi connectivity index (χ2n) is 4.34. The molecule has 0 spiro atoms. The second-order valence-corrected chi connectivity index (χ2v) is 5.26. The van der Waals surface area contributed by atoms with Gasteiger partial charge in [0, 0.05) is 29.2 Å². The van der Waals surface area contributed by atoms with Crippen molar-refractivity contribution in [3.63, 3.8) is 0 Å². The molecule has 19 heavy (non-hydrogen) atoms. The number of para-hydroxylation sites is 1. The van der Waals surface area contributed by atoms with Crippen molar-refractivity contribution in [1.29, 1.82) is 0 Å². The topological polar surface area (TPSA) is 42.4 Å². The number of ether oxygens (including phenoxy) is 1. The number of methoxy groups -OCH3 is 1. The summed E-state index contributed by atoms with van der Waals surface area (Å²) in [5.74, 6) is 0.810. The van der Waals surface area contributed by atoms with E-state index < -0.39 is 6.10 Å². The van der Waals surface area contributed by atoms with Gasteiger partial charge in [-0.3, -0.25) is 4.98 Å². The minimum atomic E-state index is -0.468. The third-order valence-electron chi connectivity index (χ3n) is 2.88. The number of halogens is 1. The SMILES string of the molecule is COc1ccccc1CC(O)Cc1ccc(Br)cn1. The summed E-state index contributed by atoms with van der Waals surface area (Å²) in [4.78, 5) is 4.26. The molecule has 0 bridgehead atoms. The predicted octanol–water partition coefficient (Wildman–Crippen LogP) is 3.00. The summed E-state index contributed by atoms with van der Waals surface area (Å²) >= 11 is 3.34. The molecule has 1 aromatic carbocycles. The van der Waals surface area contributed by atoms with Crippen molar-refractivity contribution >= 4 is 15.9 Å². The van der Waals surface area contributed by atoms with Gasteiger partial charge in [-0.15, -0.1) is 0 Å². The minimum absolute atomic E-state index is 0.468. The Kier molecular flexibility index (Phi) is 4.93. The van der Waals surface area contributed by atoms with Crippen molar-refractivity contribution in [3.05, 3.63) is 58.3 Å². The van der Waals surface area contributed by atoms with Crippen LogP contribution in [0.5, 0.6) is 5.75 Å². The van der Waals surface area contributed by atoms with Gasteiger partial charge in [0.05, 0.1) is 13.2 Å². The number of aromatic nitrogens is 1. The highest BCUT2D eigenvalue weighted by atomic mass is 79.9. The summed E-state index contributed by atoms with van der Waals surface area (Å²) in [6.45, 7) is 0. The highest BCUT2D eigenvalue weighted by Gasteiger charge is 2.11. The van der Waals surface area contributed by atoms with Gasteiger partial charge >= 0.3 is 0 Å². The predicted molar refractivity (Wildman–Crippen MR) is 78.3 cm³/mol. The van der Waals surface area contributed by atoms with Gasteiger partial charge in [0.1, 0.15) is 5.75 Å². The summed E-state index contributed by atoms with van der Waals surface area (Å²) in [5.41, 5.74) is 1.89. The summed E-state index contributed by atoms with van der Waals surface area (Å²) in [7, 11) is 1.64. The van der Waals surface area contributed by atoms with E-state index >= 15 is 0 Å². The zero-order chi connectivity index (χ0) is 13.7. The Morgan fingerprint density at radius 2 is 2.00 bits per heavy atom. The molecule has 2 rings (SSSR count). The van der Waals surface area contributed by atoms with E-state index in [1.54, 1.807) is 13.3 Å². The van der Waals surface area contributed by atoms with Crippen molar-refractivity contribution in [1.82, 2.24) is 4.98 Å². The Morgan fingerprint density at radius 3 is 2.68 bits per heavy atom. The van der Waals surface area contributed by atoms with Gasteiger partial charge < -0.3 is 9.84 Å². The van der Waals surface area contributed by atoms with Gasteiger partial charge in [-0.05, 0) is 39.7 Å². The maximum absolute atomic E-state index is 10.1. The van der Waals surface area contributed by atoms with E-state index in [0.717, 1.165) is 21.5 Å². The monoisotopic (exact) mass is 321 g/mol. The van der Waals surface area contributed by atoms with Gasteiger partial charge in [0.15, 0.2) is 0 Å². The van der Waals surface area contributed by atoms with Gasteiger partial charge in [-0.1, -0.05) is 18.2 Å². The van der Waals surface area contributed by atoms with E-state index in [2.05, 4.69) is 20.9 Å². The van der Waals surface area contributed by atoms with Crippen molar-refractivity contribution in [3.8, 4) is 5.75 Å². The molecule has 1 N–H and O–H groups in total. The molecule has 1 heterocycles. The molecule has 0 amide bonds. The van der Waals surface area contributed by atoms with Crippen LogP contribution in [-0.4, -0.2) is 23.3 Å². The molecule has 1 aromatic heterocycles. The first-order valence-corrected chi connectivity index (χ1v) is 6.88. The molecule has 4 heteroatoms. The summed E-state index contributed by atoms with van der Waals surface area (Å²) in [6.07, 6.45) is 2.36. The van der Waals surface area contributed by atoms with Crippen LogP contribution in [0.2, 0.25) is 0 Å². The van der Waals surface area contributed by atoms with Crippen LogP contribution in [0, 0.1) is 0 Å². The van der Waals surface area contributed by atoms with Crippen molar-refractivity contribution < 1.29 is 9.84 Å². The normalized spacial score (nSPS) is 12.2. The summed E-state index contributed by atoms with van der Waals surface area (Å²) in [5, 5.41) is 10.1. The van der Waals surface area contributed by atoms with Crippen LogP contribution >= 0.6 is 15.9 Å². The number of aliphatic hydroxyl groups excluding tert-OH is 1. The average Bonchev–Trinajstić information content (AvgIpc) is 2.42. The van der Waals surface area contributed by atoms with Crippen LogP contribution in [0.15, 0.2) is 47.1 Å². The third-order valence-corrected chi connectivity index (χ3v) is 3.35. The average molecular weight is 322 g/mol. The number of rotatable bonds is 5. The van der Waals surface area contributed by atoms with Crippen LogP contribution in [0.3, 0.4) is 0 Å². The highest BCUT2D eigenvalue weighted by Crippen LogP contribution is 2.20. The second kappa shape index (κ2) is 6.68. The van der Waals surface area contributed by atoms with E-state index in [0.29, 0.717) is 12.8 Å². The van der Waals surface area contributed by atoms with E-state index in [1.165, 1.54) is 0 Å². The zero-order valence-corrected chi connectivity index (χ0v) is 12.3. The van der Waals surface area contributed by atoms with Gasteiger partial charge in [-0.25, -0.2) is 0 Å². The lowest BCUT2D eigenvalue weighted by molar-refractivity contribution is 0.173. The third kappa shape index (κ3) is 4.04. The number of aliphatic hydroxyl groups is 1. The van der Waals surface area contributed by atoms with Gasteiger partial charge in [-0.2, -0.15) is 0 Å². The number of nitrogens with zero attached hydrogens (tertiary/aromatic N) is 1. The number of hydrogen-bond acceptors (Lipinski definition) is 3. The largest absolute Gasteiger partial charge is 0.496 e. The first-order valence-electron chi connectivity index (χ1n) is 6.09. The van der Waals surface area contributed by atoms with Crippen LogP contribution in [0.1, 0.15) is 11.3 Å². The van der Waals surface area contributed by atoms with Gasteiger partial charge in [0.25, 0.3) is 0 Å². The van der Waals surface area contributed by atoms with Crippen LogP contribution in [0.25, 0.3) is 0 Å². The van der Waals surface area contributed by atoms with Crippen molar-refractivity contribution in [2.75, 3.05) is 7.11 Å². The maximum Gasteiger partial charge on any atom is 0.122 e. The molecule has 0 saturated heterocycles. The molecule has 2 aromatic rings. The Balaban J connectivity index is 2.01.